The topological polar surface area (TPSA) is 62.2 Å². The summed E-state index contributed by atoms with van der Waals surface area (Å²) in [4.78, 5) is 15.7. The van der Waals surface area contributed by atoms with Crippen LogP contribution in [0, 0.1) is 0 Å². The maximum atomic E-state index is 11.3. The van der Waals surface area contributed by atoms with Crippen LogP contribution in [0.3, 0.4) is 0 Å². The number of nitrogens with one attached hydrogen (secondary N) is 1. The Morgan fingerprint density at radius 3 is 3.06 bits per heavy atom. The summed E-state index contributed by atoms with van der Waals surface area (Å²) in [6.07, 6.45) is 5.03. The van der Waals surface area contributed by atoms with E-state index in [1.807, 2.05) is 6.26 Å². The summed E-state index contributed by atoms with van der Waals surface area (Å²) in [6.45, 7) is 2.83. The molecule has 0 spiro atoms. The van der Waals surface area contributed by atoms with Crippen molar-refractivity contribution in [3.05, 3.63) is 22.9 Å². The van der Waals surface area contributed by atoms with Crippen LogP contribution in [0.25, 0.3) is 0 Å². The maximum Gasteiger partial charge on any atom is 0.339 e. The standard InChI is InChI=1S/C13H18N2O2S/c1-8(18-2)7-14-12-10(13(16)17)6-9-4-3-5-11(9)15-12/h6,8H,3-5,7H2,1-2H3,(H,14,15)(H,16,17). The van der Waals surface area contributed by atoms with Crippen LogP contribution >= 0.6 is 11.8 Å². The van der Waals surface area contributed by atoms with Gasteiger partial charge in [0.25, 0.3) is 0 Å². The number of aromatic carboxylic acids is 1. The molecular formula is C13H18N2O2S. The van der Waals surface area contributed by atoms with Crippen molar-refractivity contribution in [1.29, 1.82) is 0 Å². The van der Waals surface area contributed by atoms with Crippen molar-refractivity contribution in [3.8, 4) is 0 Å². The summed E-state index contributed by atoms with van der Waals surface area (Å²) in [5.74, 6) is -0.388. The van der Waals surface area contributed by atoms with Crippen LogP contribution in [0.2, 0.25) is 0 Å². The van der Waals surface area contributed by atoms with Crippen molar-refractivity contribution in [1.82, 2.24) is 4.98 Å². The van der Waals surface area contributed by atoms with Gasteiger partial charge in [-0.1, -0.05) is 6.92 Å². The number of aromatic nitrogens is 1. The first-order valence-corrected chi connectivity index (χ1v) is 7.43. The number of rotatable bonds is 5. The molecule has 1 unspecified atom stereocenters. The van der Waals surface area contributed by atoms with Gasteiger partial charge in [0.2, 0.25) is 0 Å². The molecular weight excluding hydrogens is 248 g/mol. The molecule has 0 aromatic carbocycles. The van der Waals surface area contributed by atoms with Crippen LogP contribution in [-0.4, -0.2) is 34.1 Å². The maximum absolute atomic E-state index is 11.3. The molecule has 0 saturated heterocycles. The molecule has 0 amide bonds. The van der Waals surface area contributed by atoms with Crippen molar-refractivity contribution >= 4 is 23.5 Å². The molecule has 0 bridgehead atoms. The summed E-state index contributed by atoms with van der Waals surface area (Å²) >= 11 is 1.75. The predicted octanol–water partition coefficient (Wildman–Crippen LogP) is 2.43. The van der Waals surface area contributed by atoms with Gasteiger partial charge in [-0.05, 0) is 37.1 Å². The molecule has 0 aliphatic heterocycles. The third-order valence-corrected chi connectivity index (χ3v) is 4.21. The highest BCUT2D eigenvalue weighted by Crippen LogP contribution is 2.25. The van der Waals surface area contributed by atoms with Gasteiger partial charge in [0.05, 0.1) is 0 Å². The molecule has 1 aliphatic carbocycles. The number of anilines is 1. The highest BCUT2D eigenvalue weighted by molar-refractivity contribution is 7.99. The average molecular weight is 266 g/mol. The number of carboxylic acids is 1. The quantitative estimate of drug-likeness (QED) is 0.857. The zero-order chi connectivity index (χ0) is 13.1. The molecule has 1 aromatic heterocycles. The Labute approximate surface area is 111 Å². The van der Waals surface area contributed by atoms with Crippen molar-refractivity contribution in [2.24, 2.45) is 0 Å². The van der Waals surface area contributed by atoms with E-state index in [4.69, 9.17) is 0 Å². The van der Waals surface area contributed by atoms with Crippen molar-refractivity contribution in [2.75, 3.05) is 18.1 Å². The van der Waals surface area contributed by atoms with Gasteiger partial charge in [0.1, 0.15) is 11.4 Å². The van der Waals surface area contributed by atoms with Crippen LogP contribution in [-0.2, 0) is 12.8 Å². The fourth-order valence-electron chi connectivity index (χ4n) is 2.09. The predicted molar refractivity (Wildman–Crippen MR) is 74.7 cm³/mol. The lowest BCUT2D eigenvalue weighted by molar-refractivity contribution is 0.0697. The van der Waals surface area contributed by atoms with E-state index >= 15 is 0 Å². The van der Waals surface area contributed by atoms with E-state index in [-0.39, 0.29) is 0 Å². The monoisotopic (exact) mass is 266 g/mol. The first kappa shape index (κ1) is 13.2. The largest absolute Gasteiger partial charge is 0.478 e. The van der Waals surface area contributed by atoms with Crippen LogP contribution in [0.1, 0.15) is 35.0 Å². The summed E-state index contributed by atoms with van der Waals surface area (Å²) in [6, 6.07) is 1.78. The van der Waals surface area contributed by atoms with E-state index in [2.05, 4.69) is 17.2 Å². The molecule has 0 fully saturated rings. The number of hydrogen-bond acceptors (Lipinski definition) is 4. The fraction of sp³-hybridized carbons (Fsp3) is 0.538. The van der Waals surface area contributed by atoms with Gasteiger partial charge < -0.3 is 10.4 Å². The number of aryl methyl sites for hydroxylation is 2. The molecule has 98 valence electrons. The number of hydrogen-bond donors (Lipinski definition) is 2. The third-order valence-electron chi connectivity index (χ3n) is 3.24. The Balaban J connectivity index is 2.24. The number of fused-ring (bicyclic) bond motifs is 1. The second-order valence-corrected chi connectivity index (χ2v) is 5.85. The molecule has 2 N–H and O–H groups in total. The number of carboxylic acid groups (broad SMARTS) is 1. The Bertz CT molecular complexity index is 463. The van der Waals surface area contributed by atoms with Crippen molar-refractivity contribution in [2.45, 2.75) is 31.4 Å². The van der Waals surface area contributed by atoms with Gasteiger partial charge in [-0.25, -0.2) is 9.78 Å². The van der Waals surface area contributed by atoms with Crippen LogP contribution in [0.15, 0.2) is 6.07 Å². The van der Waals surface area contributed by atoms with Crippen LogP contribution < -0.4 is 5.32 Å². The third kappa shape index (κ3) is 2.77. The van der Waals surface area contributed by atoms with Gasteiger partial charge in [0.15, 0.2) is 0 Å². The summed E-state index contributed by atoms with van der Waals surface area (Å²) in [7, 11) is 0. The number of carbonyl (C=O) groups is 1. The van der Waals surface area contributed by atoms with E-state index in [1.165, 1.54) is 0 Å². The Morgan fingerprint density at radius 1 is 1.61 bits per heavy atom. The molecule has 2 rings (SSSR count). The van der Waals surface area contributed by atoms with Crippen LogP contribution in [0.4, 0.5) is 5.82 Å². The summed E-state index contributed by atoms with van der Waals surface area (Å²) in [5, 5.41) is 12.8. The first-order valence-electron chi connectivity index (χ1n) is 6.14. The van der Waals surface area contributed by atoms with E-state index < -0.39 is 5.97 Å². The lowest BCUT2D eigenvalue weighted by Crippen LogP contribution is -2.17. The molecule has 1 heterocycles. The zero-order valence-electron chi connectivity index (χ0n) is 10.7. The summed E-state index contributed by atoms with van der Waals surface area (Å²) < 4.78 is 0. The molecule has 1 aromatic rings. The highest BCUT2D eigenvalue weighted by atomic mass is 32.2. The Morgan fingerprint density at radius 2 is 2.39 bits per heavy atom. The zero-order valence-corrected chi connectivity index (χ0v) is 11.5. The molecule has 0 saturated carbocycles. The second-order valence-electron chi connectivity index (χ2n) is 4.58. The number of thioether (sulfide) groups is 1. The summed E-state index contributed by atoms with van der Waals surface area (Å²) in [5.41, 5.74) is 2.44. The van der Waals surface area contributed by atoms with E-state index in [1.54, 1.807) is 17.8 Å². The molecule has 1 atom stereocenters. The smallest absolute Gasteiger partial charge is 0.339 e. The van der Waals surface area contributed by atoms with Gasteiger partial charge in [0, 0.05) is 17.5 Å². The first-order chi connectivity index (χ1) is 8.61. The molecule has 1 aliphatic rings. The molecule has 18 heavy (non-hydrogen) atoms. The Kier molecular flexibility index (Phi) is 4.11. The van der Waals surface area contributed by atoms with Crippen molar-refractivity contribution in [3.63, 3.8) is 0 Å². The minimum atomic E-state index is -0.906. The normalized spacial score (nSPS) is 15.2. The number of pyridine rings is 1. The minimum absolute atomic E-state index is 0.295. The molecule has 0 radical (unpaired) electrons. The lowest BCUT2D eigenvalue weighted by Gasteiger charge is -2.13. The highest BCUT2D eigenvalue weighted by Gasteiger charge is 2.19. The van der Waals surface area contributed by atoms with Crippen molar-refractivity contribution < 1.29 is 9.90 Å². The molecule has 4 nitrogen and oxygen atoms in total. The van der Waals surface area contributed by atoms with E-state index in [9.17, 15) is 9.90 Å². The van der Waals surface area contributed by atoms with Gasteiger partial charge >= 0.3 is 5.97 Å². The number of nitrogens with zero attached hydrogens (tertiary/aromatic N) is 1. The molecule has 5 heteroatoms. The lowest BCUT2D eigenvalue weighted by atomic mass is 10.1. The van der Waals surface area contributed by atoms with E-state index in [0.717, 1.165) is 37.1 Å². The van der Waals surface area contributed by atoms with E-state index in [0.29, 0.717) is 16.6 Å². The second kappa shape index (κ2) is 5.61. The Hall–Kier alpha value is -1.23. The average Bonchev–Trinajstić information content (AvgIpc) is 2.81. The van der Waals surface area contributed by atoms with Crippen LogP contribution in [0.5, 0.6) is 0 Å². The fourth-order valence-corrected chi connectivity index (χ4v) is 2.34. The SMILES string of the molecule is CSC(C)CNc1nc2c(cc1C(=O)O)CCC2. The minimum Gasteiger partial charge on any atom is -0.478 e. The van der Waals surface area contributed by atoms with Gasteiger partial charge in [-0.15, -0.1) is 0 Å². The van der Waals surface area contributed by atoms with Gasteiger partial charge in [-0.3, -0.25) is 0 Å². The van der Waals surface area contributed by atoms with Gasteiger partial charge in [-0.2, -0.15) is 11.8 Å².